The topological polar surface area (TPSA) is 86.0 Å². The van der Waals surface area contributed by atoms with Crippen LogP contribution in [0.5, 0.6) is 5.75 Å². The maximum Gasteiger partial charge on any atom is 0.263 e. The fourth-order valence-corrected chi connectivity index (χ4v) is 7.52. The molecule has 1 amide bonds. The SMILES string of the molecule is CCn1c2c(cc(C(=O)N3Cc4ccccc4C3)c1=O)C[C@@]1(O)[C@@H](C)N(C)CC[C@]1(c1cc(O)ccc1C)C2. The first-order chi connectivity index (χ1) is 18.6. The van der Waals surface area contributed by atoms with E-state index in [0.29, 0.717) is 38.9 Å². The predicted octanol–water partition coefficient (Wildman–Crippen LogP) is 3.53. The maximum absolute atomic E-state index is 13.9. The molecule has 204 valence electrons. The Morgan fingerprint density at radius 1 is 1.05 bits per heavy atom. The van der Waals surface area contributed by atoms with E-state index in [-0.39, 0.29) is 28.8 Å². The second kappa shape index (κ2) is 9.07. The van der Waals surface area contributed by atoms with Crippen LogP contribution < -0.4 is 5.56 Å². The molecular weight excluding hydrogens is 490 g/mol. The van der Waals surface area contributed by atoms with Crippen LogP contribution in [0.1, 0.15) is 64.1 Å². The zero-order valence-electron chi connectivity index (χ0n) is 23.2. The van der Waals surface area contributed by atoms with E-state index in [1.807, 2.05) is 51.2 Å². The van der Waals surface area contributed by atoms with Gasteiger partial charge in [0.15, 0.2) is 0 Å². The highest BCUT2D eigenvalue weighted by atomic mass is 16.3. The minimum Gasteiger partial charge on any atom is -0.508 e. The molecule has 3 aliphatic rings. The summed E-state index contributed by atoms with van der Waals surface area (Å²) >= 11 is 0. The lowest BCUT2D eigenvalue weighted by molar-refractivity contribution is -0.133. The Balaban J connectivity index is 1.50. The van der Waals surface area contributed by atoms with Crippen LogP contribution >= 0.6 is 0 Å². The average Bonchev–Trinajstić information content (AvgIpc) is 3.36. The fourth-order valence-electron chi connectivity index (χ4n) is 7.52. The number of likely N-dealkylation sites (N-methyl/N-ethyl adjacent to an activating group) is 1. The number of hydrogen-bond acceptors (Lipinski definition) is 5. The number of fused-ring (bicyclic) bond motifs is 3. The maximum atomic E-state index is 13.9. The lowest BCUT2D eigenvalue weighted by atomic mass is 9.53. The largest absolute Gasteiger partial charge is 0.508 e. The molecule has 7 nitrogen and oxygen atoms in total. The molecule has 2 N–H and O–H groups in total. The molecule has 0 unspecified atom stereocenters. The minimum absolute atomic E-state index is 0.171. The molecular formula is C32H37N3O4. The summed E-state index contributed by atoms with van der Waals surface area (Å²) in [6.45, 7) is 8.21. The van der Waals surface area contributed by atoms with E-state index in [0.717, 1.165) is 40.1 Å². The quantitative estimate of drug-likeness (QED) is 0.544. The highest BCUT2D eigenvalue weighted by Gasteiger charge is 2.60. The zero-order chi connectivity index (χ0) is 27.7. The monoisotopic (exact) mass is 527 g/mol. The van der Waals surface area contributed by atoms with Gasteiger partial charge >= 0.3 is 0 Å². The number of aromatic hydroxyl groups is 1. The van der Waals surface area contributed by atoms with Crippen LogP contribution in [0.2, 0.25) is 0 Å². The molecule has 3 aromatic rings. The van der Waals surface area contributed by atoms with E-state index in [1.54, 1.807) is 27.7 Å². The van der Waals surface area contributed by atoms with E-state index < -0.39 is 11.0 Å². The Morgan fingerprint density at radius 3 is 2.41 bits per heavy atom. The van der Waals surface area contributed by atoms with Gasteiger partial charge < -0.3 is 24.6 Å². The molecule has 1 aliphatic carbocycles. The second-order valence-corrected chi connectivity index (χ2v) is 11.8. The van der Waals surface area contributed by atoms with Crippen LogP contribution in [0.25, 0.3) is 0 Å². The Morgan fingerprint density at radius 2 is 1.74 bits per heavy atom. The third-order valence-corrected chi connectivity index (χ3v) is 9.90. The van der Waals surface area contributed by atoms with Crippen molar-refractivity contribution >= 4 is 5.91 Å². The highest BCUT2D eigenvalue weighted by molar-refractivity contribution is 5.94. The van der Waals surface area contributed by atoms with Gasteiger partial charge in [-0.2, -0.15) is 0 Å². The molecule has 1 saturated heterocycles. The molecule has 0 radical (unpaired) electrons. The van der Waals surface area contributed by atoms with Crippen LogP contribution in [-0.4, -0.2) is 55.7 Å². The van der Waals surface area contributed by atoms with Crippen molar-refractivity contribution in [2.45, 2.75) is 76.7 Å². The number of aryl methyl sites for hydroxylation is 1. The number of rotatable bonds is 3. The summed E-state index contributed by atoms with van der Waals surface area (Å²) < 4.78 is 1.74. The van der Waals surface area contributed by atoms with Gasteiger partial charge in [0, 0.05) is 49.6 Å². The number of carbonyl (C=O) groups excluding carboxylic acids is 1. The van der Waals surface area contributed by atoms with Crippen molar-refractivity contribution in [3.63, 3.8) is 0 Å². The van der Waals surface area contributed by atoms with E-state index in [4.69, 9.17) is 0 Å². The summed E-state index contributed by atoms with van der Waals surface area (Å²) in [6, 6.07) is 15.0. The number of carbonyl (C=O) groups is 1. The van der Waals surface area contributed by atoms with Crippen molar-refractivity contribution in [1.82, 2.24) is 14.4 Å². The molecule has 39 heavy (non-hydrogen) atoms. The van der Waals surface area contributed by atoms with Crippen LogP contribution in [0.4, 0.5) is 0 Å². The summed E-state index contributed by atoms with van der Waals surface area (Å²) in [5.41, 5.74) is 3.96. The smallest absolute Gasteiger partial charge is 0.263 e. The lowest BCUT2D eigenvalue weighted by Gasteiger charge is -2.60. The van der Waals surface area contributed by atoms with Crippen molar-refractivity contribution < 1.29 is 15.0 Å². The molecule has 3 atom stereocenters. The number of hydrogen-bond donors (Lipinski definition) is 2. The number of phenols is 1. The number of benzene rings is 2. The zero-order valence-corrected chi connectivity index (χ0v) is 23.2. The first kappa shape index (κ1) is 25.8. The van der Waals surface area contributed by atoms with Crippen molar-refractivity contribution in [1.29, 1.82) is 0 Å². The van der Waals surface area contributed by atoms with Gasteiger partial charge in [0.25, 0.3) is 11.5 Å². The number of likely N-dealkylation sites (tertiary alicyclic amines) is 1. The van der Waals surface area contributed by atoms with Crippen molar-refractivity contribution in [2.24, 2.45) is 0 Å². The van der Waals surface area contributed by atoms with Crippen LogP contribution in [0, 0.1) is 6.92 Å². The lowest BCUT2D eigenvalue weighted by Crippen LogP contribution is -2.70. The Hall–Kier alpha value is -3.42. The number of aromatic nitrogens is 1. The standard InChI is InChI=1S/C32H37N3O4/c1-5-35-28-17-31(27-15-25(36)11-10-20(27)2)12-13-33(4)21(3)32(31,39)16-24(28)14-26(30(35)38)29(37)34-18-22-8-6-7-9-23(22)19-34/h6-11,14-15,21,36,39H,5,12-13,16-19H2,1-4H3/t21-,31-,32-/m1/s1. The third kappa shape index (κ3) is 3.70. The molecule has 0 saturated carbocycles. The summed E-state index contributed by atoms with van der Waals surface area (Å²) in [4.78, 5) is 31.5. The molecule has 7 heteroatoms. The number of aliphatic hydroxyl groups is 1. The molecule has 0 bridgehead atoms. The van der Waals surface area contributed by atoms with Crippen molar-refractivity contribution in [2.75, 3.05) is 13.6 Å². The number of nitrogens with zero attached hydrogens (tertiary/aromatic N) is 3. The number of pyridine rings is 1. The number of piperidine rings is 1. The first-order valence-corrected chi connectivity index (χ1v) is 13.9. The molecule has 0 spiro atoms. The summed E-state index contributed by atoms with van der Waals surface area (Å²) in [7, 11) is 2.03. The van der Waals surface area contributed by atoms with Gasteiger partial charge in [0.2, 0.25) is 0 Å². The van der Waals surface area contributed by atoms with E-state index in [9.17, 15) is 19.8 Å². The minimum atomic E-state index is -1.16. The van der Waals surface area contributed by atoms with E-state index >= 15 is 0 Å². The molecule has 1 fully saturated rings. The molecule has 2 aliphatic heterocycles. The summed E-state index contributed by atoms with van der Waals surface area (Å²) in [5, 5.41) is 23.2. The normalized spacial score (nSPS) is 26.2. The summed E-state index contributed by atoms with van der Waals surface area (Å²) in [5.74, 6) is -0.0900. The van der Waals surface area contributed by atoms with E-state index in [1.165, 1.54) is 0 Å². The van der Waals surface area contributed by atoms with Gasteiger partial charge in [-0.05, 0) is 86.8 Å². The van der Waals surface area contributed by atoms with Crippen LogP contribution in [-0.2, 0) is 37.9 Å². The van der Waals surface area contributed by atoms with Crippen LogP contribution in [0.15, 0.2) is 53.3 Å². The van der Waals surface area contributed by atoms with Crippen molar-refractivity contribution in [3.8, 4) is 5.75 Å². The van der Waals surface area contributed by atoms with Gasteiger partial charge in [-0.15, -0.1) is 0 Å². The fraction of sp³-hybridized carbons (Fsp3) is 0.438. The van der Waals surface area contributed by atoms with Gasteiger partial charge in [0.05, 0.1) is 5.60 Å². The Labute approximate surface area is 229 Å². The molecule has 2 aromatic carbocycles. The Kier molecular flexibility index (Phi) is 6.01. The second-order valence-electron chi connectivity index (χ2n) is 11.8. The number of phenolic OH excluding ortho intramolecular Hbond substituents is 1. The van der Waals surface area contributed by atoms with Gasteiger partial charge in [-0.3, -0.25) is 9.59 Å². The van der Waals surface area contributed by atoms with Gasteiger partial charge in [-0.1, -0.05) is 30.3 Å². The molecule has 3 heterocycles. The van der Waals surface area contributed by atoms with Gasteiger partial charge in [-0.25, -0.2) is 0 Å². The van der Waals surface area contributed by atoms with Crippen LogP contribution in [0.3, 0.4) is 0 Å². The predicted molar refractivity (Wildman–Crippen MR) is 150 cm³/mol. The van der Waals surface area contributed by atoms with E-state index in [2.05, 4.69) is 11.8 Å². The molecule has 1 aromatic heterocycles. The molecule has 6 rings (SSSR count). The third-order valence-electron chi connectivity index (χ3n) is 9.90. The first-order valence-electron chi connectivity index (χ1n) is 13.9. The number of amides is 1. The van der Waals surface area contributed by atoms with Gasteiger partial charge in [0.1, 0.15) is 11.3 Å². The average molecular weight is 528 g/mol. The summed E-state index contributed by atoms with van der Waals surface area (Å²) in [6.07, 6.45) is 1.48. The van der Waals surface area contributed by atoms with Crippen molar-refractivity contribution in [3.05, 3.63) is 98.0 Å². The highest BCUT2D eigenvalue weighted by Crippen LogP contribution is 2.53. The Bertz CT molecular complexity index is 1520.